The standard InChI is InChI=1S/C8H7ClN2.2C2H6/c1-5-3-10-8-7(5)2-6(9)4-11-8;2*1-2/h2-4H,1H3,(H,10,11);2*1-2H3. The summed E-state index contributed by atoms with van der Waals surface area (Å²) in [6, 6.07) is 1.91. The van der Waals surface area contributed by atoms with Gasteiger partial charge in [0.2, 0.25) is 0 Å². The SMILES string of the molecule is CC.CC.Cc1c[nH]c2ncc(Cl)cc12. The molecule has 2 rings (SSSR count). The average Bonchev–Trinajstić information content (AvgIpc) is 2.66. The van der Waals surface area contributed by atoms with Crippen LogP contribution < -0.4 is 0 Å². The van der Waals surface area contributed by atoms with Gasteiger partial charge in [0.1, 0.15) is 5.65 Å². The molecular weight excluding hydrogens is 208 g/mol. The van der Waals surface area contributed by atoms with E-state index in [0.29, 0.717) is 5.02 Å². The van der Waals surface area contributed by atoms with Crippen molar-refractivity contribution in [1.29, 1.82) is 0 Å². The summed E-state index contributed by atoms with van der Waals surface area (Å²) in [4.78, 5) is 7.16. The molecule has 0 aromatic carbocycles. The second-order valence-electron chi connectivity index (χ2n) is 2.52. The van der Waals surface area contributed by atoms with Gasteiger partial charge in [-0.05, 0) is 18.6 Å². The van der Waals surface area contributed by atoms with E-state index in [-0.39, 0.29) is 0 Å². The van der Waals surface area contributed by atoms with Gasteiger partial charge in [-0.3, -0.25) is 0 Å². The molecule has 84 valence electrons. The highest BCUT2D eigenvalue weighted by Gasteiger charge is 1.99. The van der Waals surface area contributed by atoms with Crippen LogP contribution >= 0.6 is 11.6 Å². The van der Waals surface area contributed by atoms with Gasteiger partial charge in [0.25, 0.3) is 0 Å². The minimum absolute atomic E-state index is 0.681. The number of aromatic amines is 1. The summed E-state index contributed by atoms with van der Waals surface area (Å²) in [6.07, 6.45) is 3.56. The zero-order chi connectivity index (χ0) is 11.8. The molecule has 0 unspecified atom stereocenters. The summed E-state index contributed by atoms with van der Waals surface area (Å²) in [7, 11) is 0. The molecule has 0 saturated carbocycles. The van der Waals surface area contributed by atoms with Crippen LogP contribution in [0.3, 0.4) is 0 Å². The van der Waals surface area contributed by atoms with E-state index in [0.717, 1.165) is 11.0 Å². The summed E-state index contributed by atoms with van der Waals surface area (Å²) < 4.78 is 0. The van der Waals surface area contributed by atoms with Gasteiger partial charge in [0.15, 0.2) is 0 Å². The maximum Gasteiger partial charge on any atom is 0.137 e. The Morgan fingerprint density at radius 3 is 2.40 bits per heavy atom. The van der Waals surface area contributed by atoms with E-state index in [9.17, 15) is 0 Å². The highest BCUT2D eigenvalue weighted by atomic mass is 35.5. The van der Waals surface area contributed by atoms with E-state index in [1.807, 2.05) is 46.9 Å². The van der Waals surface area contributed by atoms with Crippen LogP contribution in [0.2, 0.25) is 5.02 Å². The first-order chi connectivity index (χ1) is 7.27. The van der Waals surface area contributed by atoms with Crippen molar-refractivity contribution in [3.8, 4) is 0 Å². The fourth-order valence-corrected chi connectivity index (χ4v) is 1.27. The number of hydrogen-bond donors (Lipinski definition) is 1. The molecule has 1 N–H and O–H groups in total. The van der Waals surface area contributed by atoms with Gasteiger partial charge in [0, 0.05) is 17.8 Å². The third kappa shape index (κ3) is 3.56. The molecular formula is C12H19ClN2. The predicted octanol–water partition coefficient (Wildman–Crippen LogP) is 4.58. The summed E-state index contributed by atoms with van der Waals surface area (Å²) in [6.45, 7) is 10.0. The summed E-state index contributed by atoms with van der Waals surface area (Å²) in [5.41, 5.74) is 2.07. The first-order valence-electron chi connectivity index (χ1n) is 5.36. The Bertz CT molecular complexity index is 393. The number of H-pyrrole nitrogens is 1. The van der Waals surface area contributed by atoms with E-state index in [1.165, 1.54) is 5.56 Å². The molecule has 2 nitrogen and oxygen atoms in total. The van der Waals surface area contributed by atoms with Crippen molar-refractivity contribution >= 4 is 22.6 Å². The molecule has 0 radical (unpaired) electrons. The van der Waals surface area contributed by atoms with Crippen molar-refractivity contribution < 1.29 is 0 Å². The molecule has 0 aliphatic carbocycles. The van der Waals surface area contributed by atoms with E-state index < -0.39 is 0 Å². The van der Waals surface area contributed by atoms with E-state index in [4.69, 9.17) is 11.6 Å². The van der Waals surface area contributed by atoms with Gasteiger partial charge >= 0.3 is 0 Å². The Morgan fingerprint density at radius 2 is 1.80 bits per heavy atom. The Hall–Kier alpha value is -1.02. The fourth-order valence-electron chi connectivity index (χ4n) is 1.11. The first-order valence-corrected chi connectivity index (χ1v) is 5.74. The monoisotopic (exact) mass is 226 g/mol. The summed E-state index contributed by atoms with van der Waals surface area (Å²) in [5.74, 6) is 0. The Morgan fingerprint density at radius 1 is 1.20 bits per heavy atom. The van der Waals surface area contributed by atoms with Gasteiger partial charge in [-0.1, -0.05) is 39.3 Å². The number of nitrogens with one attached hydrogen (secondary N) is 1. The van der Waals surface area contributed by atoms with Gasteiger partial charge in [-0.2, -0.15) is 0 Å². The second kappa shape index (κ2) is 7.30. The topological polar surface area (TPSA) is 28.7 Å². The molecule has 2 heterocycles. The Balaban J connectivity index is 0.000000442. The van der Waals surface area contributed by atoms with Crippen molar-refractivity contribution in [2.24, 2.45) is 0 Å². The number of rotatable bonds is 0. The molecule has 0 bridgehead atoms. The number of nitrogens with zero attached hydrogens (tertiary/aromatic N) is 1. The third-order valence-corrected chi connectivity index (χ3v) is 1.91. The number of aromatic nitrogens is 2. The molecule has 2 aromatic rings. The number of aryl methyl sites for hydroxylation is 1. The maximum absolute atomic E-state index is 5.77. The lowest BCUT2D eigenvalue weighted by Gasteiger charge is -1.90. The minimum atomic E-state index is 0.681. The molecule has 15 heavy (non-hydrogen) atoms. The predicted molar refractivity (Wildman–Crippen MR) is 68.5 cm³/mol. The highest BCUT2D eigenvalue weighted by molar-refractivity contribution is 6.31. The van der Waals surface area contributed by atoms with Crippen molar-refractivity contribution in [2.75, 3.05) is 0 Å². The number of halogens is 1. The number of hydrogen-bond acceptors (Lipinski definition) is 1. The molecule has 0 atom stereocenters. The summed E-state index contributed by atoms with van der Waals surface area (Å²) >= 11 is 5.77. The van der Waals surface area contributed by atoms with Crippen LogP contribution in [0.15, 0.2) is 18.5 Å². The third-order valence-electron chi connectivity index (χ3n) is 1.70. The van der Waals surface area contributed by atoms with Crippen LogP contribution in [0.25, 0.3) is 11.0 Å². The van der Waals surface area contributed by atoms with Crippen LogP contribution in [0.1, 0.15) is 33.3 Å². The molecule has 0 saturated heterocycles. The lowest BCUT2D eigenvalue weighted by Crippen LogP contribution is -1.74. The average molecular weight is 227 g/mol. The largest absolute Gasteiger partial charge is 0.346 e. The van der Waals surface area contributed by atoms with Crippen molar-refractivity contribution in [3.63, 3.8) is 0 Å². The molecule has 2 aromatic heterocycles. The van der Waals surface area contributed by atoms with E-state index in [2.05, 4.69) is 9.97 Å². The lowest BCUT2D eigenvalue weighted by atomic mass is 10.2. The zero-order valence-electron chi connectivity index (χ0n) is 10.1. The Kier molecular flexibility index (Phi) is 6.80. The van der Waals surface area contributed by atoms with E-state index in [1.54, 1.807) is 6.20 Å². The second-order valence-corrected chi connectivity index (χ2v) is 2.96. The van der Waals surface area contributed by atoms with Crippen LogP contribution in [0.4, 0.5) is 0 Å². The van der Waals surface area contributed by atoms with Crippen LogP contribution in [-0.4, -0.2) is 9.97 Å². The normalized spacial score (nSPS) is 8.67. The van der Waals surface area contributed by atoms with Gasteiger partial charge < -0.3 is 4.98 Å². The number of fused-ring (bicyclic) bond motifs is 1. The van der Waals surface area contributed by atoms with Crippen LogP contribution in [0, 0.1) is 6.92 Å². The van der Waals surface area contributed by atoms with Gasteiger partial charge in [-0.15, -0.1) is 0 Å². The minimum Gasteiger partial charge on any atom is -0.346 e. The van der Waals surface area contributed by atoms with Crippen molar-refractivity contribution in [1.82, 2.24) is 9.97 Å². The van der Waals surface area contributed by atoms with Crippen LogP contribution in [-0.2, 0) is 0 Å². The van der Waals surface area contributed by atoms with Crippen LogP contribution in [0.5, 0.6) is 0 Å². The smallest absolute Gasteiger partial charge is 0.137 e. The Labute approximate surface area is 96.7 Å². The van der Waals surface area contributed by atoms with Gasteiger partial charge in [-0.25, -0.2) is 4.98 Å². The van der Waals surface area contributed by atoms with Gasteiger partial charge in [0.05, 0.1) is 5.02 Å². The lowest BCUT2D eigenvalue weighted by molar-refractivity contribution is 1.32. The molecule has 0 aliphatic heterocycles. The summed E-state index contributed by atoms with van der Waals surface area (Å²) in [5, 5.41) is 1.78. The van der Waals surface area contributed by atoms with Crippen molar-refractivity contribution in [3.05, 3.63) is 29.0 Å². The van der Waals surface area contributed by atoms with E-state index >= 15 is 0 Å². The fraction of sp³-hybridized carbons (Fsp3) is 0.417. The molecule has 0 aliphatic rings. The molecule has 0 spiro atoms. The maximum atomic E-state index is 5.77. The zero-order valence-corrected chi connectivity index (χ0v) is 10.8. The molecule has 0 amide bonds. The number of pyridine rings is 1. The highest BCUT2D eigenvalue weighted by Crippen LogP contribution is 2.18. The molecule has 0 fully saturated rings. The molecule has 3 heteroatoms. The van der Waals surface area contributed by atoms with Crippen molar-refractivity contribution in [2.45, 2.75) is 34.6 Å². The quantitative estimate of drug-likeness (QED) is 0.700. The first kappa shape index (κ1) is 14.0.